The standard InChI is InChI=1S/C14H24O/c1-9-3-5-11-12-6-4-10(2)8-14(12)15-13(11)7-9/h9-14H,3-8H2,1-2H3. The van der Waals surface area contributed by atoms with Gasteiger partial charge in [-0.05, 0) is 49.4 Å². The Morgan fingerprint density at radius 1 is 0.733 bits per heavy atom. The van der Waals surface area contributed by atoms with Crippen molar-refractivity contribution >= 4 is 0 Å². The monoisotopic (exact) mass is 208 g/mol. The first-order chi connectivity index (χ1) is 7.24. The summed E-state index contributed by atoms with van der Waals surface area (Å²) >= 11 is 0. The lowest BCUT2D eigenvalue weighted by Gasteiger charge is -2.33. The molecular weight excluding hydrogens is 184 g/mol. The zero-order valence-corrected chi connectivity index (χ0v) is 10.1. The number of hydrogen-bond donors (Lipinski definition) is 0. The van der Waals surface area contributed by atoms with Crippen molar-refractivity contribution in [2.75, 3.05) is 0 Å². The minimum Gasteiger partial charge on any atom is -0.374 e. The van der Waals surface area contributed by atoms with E-state index in [0.29, 0.717) is 12.2 Å². The molecule has 15 heavy (non-hydrogen) atoms. The molecule has 6 unspecified atom stereocenters. The average Bonchev–Trinajstić information content (AvgIpc) is 2.53. The van der Waals surface area contributed by atoms with Gasteiger partial charge in [0.2, 0.25) is 0 Å². The molecule has 0 aromatic heterocycles. The van der Waals surface area contributed by atoms with E-state index >= 15 is 0 Å². The predicted molar refractivity (Wildman–Crippen MR) is 61.7 cm³/mol. The van der Waals surface area contributed by atoms with Crippen LogP contribution in [0, 0.1) is 23.7 Å². The van der Waals surface area contributed by atoms with E-state index in [2.05, 4.69) is 13.8 Å². The first kappa shape index (κ1) is 10.1. The first-order valence-electron chi connectivity index (χ1n) is 6.89. The van der Waals surface area contributed by atoms with Gasteiger partial charge < -0.3 is 4.74 Å². The van der Waals surface area contributed by atoms with Crippen LogP contribution in [0.4, 0.5) is 0 Å². The molecule has 0 amide bonds. The zero-order chi connectivity index (χ0) is 10.4. The second kappa shape index (κ2) is 3.76. The third-order valence-corrected chi connectivity index (χ3v) is 5.11. The summed E-state index contributed by atoms with van der Waals surface area (Å²) in [6.45, 7) is 4.79. The Balaban J connectivity index is 1.72. The van der Waals surface area contributed by atoms with Crippen LogP contribution < -0.4 is 0 Å². The van der Waals surface area contributed by atoms with Gasteiger partial charge in [0, 0.05) is 0 Å². The highest BCUT2D eigenvalue weighted by Gasteiger charge is 2.47. The molecule has 1 heteroatoms. The molecule has 0 aromatic rings. The van der Waals surface area contributed by atoms with Crippen LogP contribution in [0.1, 0.15) is 52.4 Å². The molecule has 6 atom stereocenters. The summed E-state index contributed by atoms with van der Waals surface area (Å²) in [5.41, 5.74) is 0. The molecule has 3 fully saturated rings. The average molecular weight is 208 g/mol. The molecule has 1 heterocycles. The van der Waals surface area contributed by atoms with Gasteiger partial charge in [-0.15, -0.1) is 0 Å². The van der Waals surface area contributed by atoms with Crippen LogP contribution >= 0.6 is 0 Å². The smallest absolute Gasteiger partial charge is 0.0613 e. The van der Waals surface area contributed by atoms with Crippen LogP contribution in [0.25, 0.3) is 0 Å². The van der Waals surface area contributed by atoms with E-state index in [0.717, 1.165) is 23.7 Å². The Hall–Kier alpha value is -0.0400. The van der Waals surface area contributed by atoms with Crippen molar-refractivity contribution in [2.24, 2.45) is 23.7 Å². The van der Waals surface area contributed by atoms with Crippen LogP contribution in [0.15, 0.2) is 0 Å². The van der Waals surface area contributed by atoms with Crippen molar-refractivity contribution in [3.05, 3.63) is 0 Å². The lowest BCUT2D eigenvalue weighted by molar-refractivity contribution is -0.00983. The quantitative estimate of drug-likeness (QED) is 0.590. The topological polar surface area (TPSA) is 9.23 Å². The van der Waals surface area contributed by atoms with Crippen molar-refractivity contribution in [1.29, 1.82) is 0 Å². The predicted octanol–water partition coefficient (Wildman–Crippen LogP) is 3.63. The van der Waals surface area contributed by atoms with Crippen molar-refractivity contribution in [1.82, 2.24) is 0 Å². The van der Waals surface area contributed by atoms with Gasteiger partial charge in [-0.1, -0.05) is 26.7 Å². The molecule has 0 bridgehead atoms. The highest BCUT2D eigenvalue weighted by molar-refractivity contribution is 4.96. The molecule has 2 aliphatic carbocycles. The van der Waals surface area contributed by atoms with Gasteiger partial charge in [0.15, 0.2) is 0 Å². The number of ether oxygens (including phenoxy) is 1. The summed E-state index contributed by atoms with van der Waals surface area (Å²) in [7, 11) is 0. The van der Waals surface area contributed by atoms with Crippen LogP contribution in [0.2, 0.25) is 0 Å². The normalized spacial score (nSPS) is 54.8. The van der Waals surface area contributed by atoms with Crippen molar-refractivity contribution in [3.8, 4) is 0 Å². The van der Waals surface area contributed by atoms with Crippen LogP contribution in [0.3, 0.4) is 0 Å². The molecule has 3 aliphatic rings. The third kappa shape index (κ3) is 1.73. The molecule has 1 aliphatic heterocycles. The molecule has 3 rings (SSSR count). The zero-order valence-electron chi connectivity index (χ0n) is 10.1. The van der Waals surface area contributed by atoms with Gasteiger partial charge in [-0.2, -0.15) is 0 Å². The maximum atomic E-state index is 6.31. The highest BCUT2D eigenvalue weighted by Crippen LogP contribution is 2.49. The van der Waals surface area contributed by atoms with E-state index in [1.54, 1.807) is 0 Å². The van der Waals surface area contributed by atoms with E-state index in [1.807, 2.05) is 0 Å². The number of rotatable bonds is 0. The lowest BCUT2D eigenvalue weighted by atomic mass is 9.70. The summed E-state index contributed by atoms with van der Waals surface area (Å²) < 4.78 is 6.31. The Morgan fingerprint density at radius 3 is 1.67 bits per heavy atom. The van der Waals surface area contributed by atoms with Crippen LogP contribution in [-0.4, -0.2) is 12.2 Å². The molecule has 0 N–H and O–H groups in total. The molecule has 86 valence electrons. The van der Waals surface area contributed by atoms with E-state index in [9.17, 15) is 0 Å². The Kier molecular flexibility index (Phi) is 2.54. The minimum atomic E-state index is 0.633. The molecule has 0 aromatic carbocycles. The van der Waals surface area contributed by atoms with Crippen molar-refractivity contribution < 1.29 is 4.74 Å². The number of hydrogen-bond acceptors (Lipinski definition) is 1. The van der Waals surface area contributed by atoms with Crippen molar-refractivity contribution in [3.63, 3.8) is 0 Å². The fourth-order valence-corrected chi connectivity index (χ4v) is 4.22. The van der Waals surface area contributed by atoms with E-state index in [1.165, 1.54) is 38.5 Å². The van der Waals surface area contributed by atoms with E-state index in [4.69, 9.17) is 4.74 Å². The summed E-state index contributed by atoms with van der Waals surface area (Å²) in [6, 6.07) is 0. The fraction of sp³-hybridized carbons (Fsp3) is 1.00. The Morgan fingerprint density at radius 2 is 1.20 bits per heavy atom. The minimum absolute atomic E-state index is 0.633. The van der Waals surface area contributed by atoms with Gasteiger partial charge in [-0.3, -0.25) is 0 Å². The second-order valence-corrected chi connectivity index (χ2v) is 6.38. The second-order valence-electron chi connectivity index (χ2n) is 6.38. The Bertz CT molecular complexity index is 213. The number of fused-ring (bicyclic) bond motifs is 3. The lowest BCUT2D eigenvalue weighted by Crippen LogP contribution is -2.30. The maximum Gasteiger partial charge on any atom is 0.0613 e. The summed E-state index contributed by atoms with van der Waals surface area (Å²) in [6.07, 6.45) is 9.73. The van der Waals surface area contributed by atoms with Gasteiger partial charge in [0.05, 0.1) is 12.2 Å². The first-order valence-corrected chi connectivity index (χ1v) is 6.89. The molecule has 1 saturated heterocycles. The van der Waals surface area contributed by atoms with Gasteiger partial charge in [-0.25, -0.2) is 0 Å². The molecule has 0 radical (unpaired) electrons. The van der Waals surface area contributed by atoms with Gasteiger partial charge >= 0.3 is 0 Å². The SMILES string of the molecule is CC1CCC2C(C1)OC1CC(C)CCC12. The largest absolute Gasteiger partial charge is 0.374 e. The summed E-state index contributed by atoms with van der Waals surface area (Å²) in [4.78, 5) is 0. The summed E-state index contributed by atoms with van der Waals surface area (Å²) in [5.74, 6) is 3.67. The Labute approximate surface area is 93.6 Å². The molecule has 0 spiro atoms. The van der Waals surface area contributed by atoms with E-state index < -0.39 is 0 Å². The third-order valence-electron chi connectivity index (χ3n) is 5.11. The van der Waals surface area contributed by atoms with Crippen LogP contribution in [0.5, 0.6) is 0 Å². The van der Waals surface area contributed by atoms with Gasteiger partial charge in [0.25, 0.3) is 0 Å². The van der Waals surface area contributed by atoms with Crippen molar-refractivity contribution in [2.45, 2.75) is 64.6 Å². The molecule has 2 saturated carbocycles. The summed E-state index contributed by atoms with van der Waals surface area (Å²) in [5, 5.41) is 0. The fourth-order valence-electron chi connectivity index (χ4n) is 4.22. The van der Waals surface area contributed by atoms with Crippen LogP contribution in [-0.2, 0) is 4.74 Å². The molecular formula is C14H24O. The molecule has 1 nitrogen and oxygen atoms in total. The van der Waals surface area contributed by atoms with Gasteiger partial charge in [0.1, 0.15) is 0 Å². The maximum absolute atomic E-state index is 6.31. The van der Waals surface area contributed by atoms with E-state index in [-0.39, 0.29) is 0 Å². The highest BCUT2D eigenvalue weighted by atomic mass is 16.5.